The third-order valence-electron chi connectivity index (χ3n) is 3.36. The molecule has 19 heavy (non-hydrogen) atoms. The Bertz CT molecular complexity index is 518. The average molecular weight is 264 g/mol. The minimum Gasteiger partial charge on any atom is -0.493 e. The van der Waals surface area contributed by atoms with E-state index in [1.165, 1.54) is 12.3 Å². The van der Waals surface area contributed by atoms with Crippen LogP contribution in [0.25, 0.3) is 10.9 Å². The molecular formula is C15H21FN2O. The average Bonchev–Trinajstić information content (AvgIpc) is 2.85. The predicted octanol–water partition coefficient (Wildman–Crippen LogP) is 4.30. The van der Waals surface area contributed by atoms with Crippen molar-refractivity contribution in [2.45, 2.75) is 39.5 Å². The van der Waals surface area contributed by atoms with Gasteiger partial charge in [0.15, 0.2) is 0 Å². The molecule has 2 rings (SSSR count). The molecule has 0 fully saturated rings. The summed E-state index contributed by atoms with van der Waals surface area (Å²) in [5.41, 5.74) is 0.678. The van der Waals surface area contributed by atoms with Crippen molar-refractivity contribution in [3.8, 4) is 5.75 Å². The van der Waals surface area contributed by atoms with Gasteiger partial charge in [0.1, 0.15) is 11.6 Å². The van der Waals surface area contributed by atoms with Crippen molar-refractivity contribution in [3.63, 3.8) is 0 Å². The first-order chi connectivity index (χ1) is 9.24. The van der Waals surface area contributed by atoms with Crippen molar-refractivity contribution in [1.82, 2.24) is 10.2 Å². The maximum absolute atomic E-state index is 13.8. The van der Waals surface area contributed by atoms with Gasteiger partial charge in [-0.05, 0) is 18.8 Å². The summed E-state index contributed by atoms with van der Waals surface area (Å²) in [6.07, 6.45) is 6.11. The van der Waals surface area contributed by atoms with Crippen LogP contribution in [0.3, 0.4) is 0 Å². The zero-order valence-corrected chi connectivity index (χ0v) is 11.6. The minimum atomic E-state index is -0.288. The summed E-state index contributed by atoms with van der Waals surface area (Å²) in [5.74, 6) is 0.839. The Hall–Kier alpha value is -1.58. The fourth-order valence-electron chi connectivity index (χ4n) is 2.41. The quantitative estimate of drug-likeness (QED) is 0.809. The van der Waals surface area contributed by atoms with E-state index in [9.17, 15) is 4.39 Å². The highest BCUT2D eigenvalue weighted by Crippen LogP contribution is 2.24. The molecule has 0 radical (unpaired) electrons. The molecule has 1 N–H and O–H groups in total. The molecule has 0 aliphatic carbocycles. The highest BCUT2D eigenvalue weighted by molar-refractivity contribution is 5.80. The summed E-state index contributed by atoms with van der Waals surface area (Å²) >= 11 is 0. The Balaban J connectivity index is 2.03. The van der Waals surface area contributed by atoms with Crippen molar-refractivity contribution in [1.29, 1.82) is 0 Å². The number of hydrogen-bond acceptors (Lipinski definition) is 2. The molecule has 0 bridgehead atoms. The molecule has 104 valence electrons. The third-order valence-corrected chi connectivity index (χ3v) is 3.36. The molecule has 0 aliphatic heterocycles. The molecule has 0 saturated carbocycles. The molecule has 2 aromatic rings. The van der Waals surface area contributed by atoms with Crippen molar-refractivity contribution in [3.05, 3.63) is 24.1 Å². The second-order valence-corrected chi connectivity index (χ2v) is 4.99. The van der Waals surface area contributed by atoms with Gasteiger partial charge in [-0.3, -0.25) is 5.10 Å². The molecule has 4 heteroatoms. The SMILES string of the molecule is CCCC(CCC)COc1cc(F)c2cn[nH]c2c1. The number of nitrogens with one attached hydrogen (secondary N) is 1. The standard InChI is InChI=1S/C15H21FN2O/c1-3-5-11(6-4-2)10-19-12-7-14(16)13-9-17-18-15(13)8-12/h7-9,11H,3-6,10H2,1-2H3,(H,17,18). The van der Waals surface area contributed by atoms with E-state index >= 15 is 0 Å². The molecule has 0 amide bonds. The number of aromatic amines is 1. The maximum Gasteiger partial charge on any atom is 0.137 e. The number of H-pyrrole nitrogens is 1. The monoisotopic (exact) mass is 264 g/mol. The van der Waals surface area contributed by atoms with Crippen LogP contribution in [0.5, 0.6) is 5.75 Å². The van der Waals surface area contributed by atoms with Crippen LogP contribution in [-0.2, 0) is 0 Å². The van der Waals surface area contributed by atoms with Crippen molar-refractivity contribution in [2.24, 2.45) is 5.92 Å². The number of halogens is 1. The van der Waals surface area contributed by atoms with E-state index in [0.29, 0.717) is 29.2 Å². The van der Waals surface area contributed by atoms with Gasteiger partial charge in [-0.2, -0.15) is 5.10 Å². The lowest BCUT2D eigenvalue weighted by Gasteiger charge is -2.16. The van der Waals surface area contributed by atoms with Gasteiger partial charge in [0, 0.05) is 12.1 Å². The molecule has 1 aromatic heterocycles. The van der Waals surface area contributed by atoms with Gasteiger partial charge < -0.3 is 4.74 Å². The number of fused-ring (bicyclic) bond motifs is 1. The molecule has 0 atom stereocenters. The van der Waals surface area contributed by atoms with Gasteiger partial charge in [0.2, 0.25) is 0 Å². The predicted molar refractivity (Wildman–Crippen MR) is 74.9 cm³/mol. The van der Waals surface area contributed by atoms with E-state index in [2.05, 4.69) is 24.0 Å². The summed E-state index contributed by atoms with van der Waals surface area (Å²) in [5, 5.41) is 7.11. The number of rotatable bonds is 7. The van der Waals surface area contributed by atoms with Crippen molar-refractivity contribution < 1.29 is 9.13 Å². The van der Waals surface area contributed by atoms with Crippen LogP contribution in [0.1, 0.15) is 39.5 Å². The van der Waals surface area contributed by atoms with E-state index in [4.69, 9.17) is 4.74 Å². The summed E-state index contributed by atoms with van der Waals surface area (Å²) in [7, 11) is 0. The smallest absolute Gasteiger partial charge is 0.137 e. The number of benzene rings is 1. The molecule has 3 nitrogen and oxygen atoms in total. The molecule has 1 aromatic carbocycles. The molecule has 1 heterocycles. The van der Waals surface area contributed by atoms with Crippen molar-refractivity contribution in [2.75, 3.05) is 6.61 Å². The topological polar surface area (TPSA) is 37.9 Å². The number of ether oxygens (including phenoxy) is 1. The number of nitrogens with zero attached hydrogens (tertiary/aromatic N) is 1. The Morgan fingerprint density at radius 3 is 2.68 bits per heavy atom. The van der Waals surface area contributed by atoms with Gasteiger partial charge in [-0.25, -0.2) is 4.39 Å². The van der Waals surface area contributed by atoms with Gasteiger partial charge in [-0.1, -0.05) is 26.7 Å². The lowest BCUT2D eigenvalue weighted by atomic mass is 9.99. The zero-order valence-electron chi connectivity index (χ0n) is 11.6. The van der Waals surface area contributed by atoms with E-state index in [0.717, 1.165) is 25.7 Å². The fourth-order valence-corrected chi connectivity index (χ4v) is 2.41. The lowest BCUT2D eigenvalue weighted by Crippen LogP contribution is -2.12. The first kappa shape index (κ1) is 13.8. The van der Waals surface area contributed by atoms with E-state index in [1.807, 2.05) is 0 Å². The second-order valence-electron chi connectivity index (χ2n) is 4.99. The fraction of sp³-hybridized carbons (Fsp3) is 0.533. The highest BCUT2D eigenvalue weighted by atomic mass is 19.1. The van der Waals surface area contributed by atoms with Crippen LogP contribution >= 0.6 is 0 Å². The highest BCUT2D eigenvalue weighted by Gasteiger charge is 2.10. The van der Waals surface area contributed by atoms with Gasteiger partial charge in [-0.15, -0.1) is 0 Å². The van der Waals surface area contributed by atoms with Gasteiger partial charge in [0.05, 0.1) is 23.7 Å². The van der Waals surface area contributed by atoms with Crippen LogP contribution < -0.4 is 4.74 Å². The minimum absolute atomic E-state index is 0.288. The first-order valence-electron chi connectivity index (χ1n) is 7.00. The van der Waals surface area contributed by atoms with Gasteiger partial charge >= 0.3 is 0 Å². The number of hydrogen-bond donors (Lipinski definition) is 1. The van der Waals surface area contributed by atoms with E-state index in [1.54, 1.807) is 6.07 Å². The summed E-state index contributed by atoms with van der Waals surface area (Å²) in [6, 6.07) is 3.24. The van der Waals surface area contributed by atoms with Crippen LogP contribution in [-0.4, -0.2) is 16.8 Å². The van der Waals surface area contributed by atoms with E-state index in [-0.39, 0.29) is 5.82 Å². The molecule has 0 unspecified atom stereocenters. The maximum atomic E-state index is 13.8. The van der Waals surface area contributed by atoms with Crippen LogP contribution in [0, 0.1) is 11.7 Å². The molecule has 0 saturated heterocycles. The first-order valence-corrected chi connectivity index (χ1v) is 7.00. The second kappa shape index (κ2) is 6.55. The van der Waals surface area contributed by atoms with E-state index < -0.39 is 0 Å². The largest absolute Gasteiger partial charge is 0.493 e. The van der Waals surface area contributed by atoms with Crippen LogP contribution in [0.15, 0.2) is 18.3 Å². The summed E-state index contributed by atoms with van der Waals surface area (Å²) < 4.78 is 19.5. The third kappa shape index (κ3) is 3.46. The molecule has 0 spiro atoms. The zero-order chi connectivity index (χ0) is 13.7. The Kier molecular flexibility index (Phi) is 4.77. The lowest BCUT2D eigenvalue weighted by molar-refractivity contribution is 0.229. The van der Waals surface area contributed by atoms with Crippen molar-refractivity contribution >= 4 is 10.9 Å². The Morgan fingerprint density at radius 1 is 1.26 bits per heavy atom. The molecule has 0 aliphatic rings. The van der Waals surface area contributed by atoms with Gasteiger partial charge in [0.25, 0.3) is 0 Å². The molecular weight excluding hydrogens is 243 g/mol. The Labute approximate surface area is 113 Å². The summed E-state index contributed by atoms with van der Waals surface area (Å²) in [6.45, 7) is 5.01. The normalized spacial score (nSPS) is 11.4. The van der Waals surface area contributed by atoms with Crippen LogP contribution in [0.2, 0.25) is 0 Å². The summed E-state index contributed by atoms with van der Waals surface area (Å²) in [4.78, 5) is 0. The number of aromatic nitrogens is 2. The Morgan fingerprint density at radius 2 is 2.00 bits per heavy atom. The van der Waals surface area contributed by atoms with Crippen LogP contribution in [0.4, 0.5) is 4.39 Å².